The fraction of sp³-hybridized carbons (Fsp3) is 0.286. The summed E-state index contributed by atoms with van der Waals surface area (Å²) in [7, 11) is 0. The van der Waals surface area contributed by atoms with Gasteiger partial charge >= 0.3 is 0 Å². The molecule has 2 nitrogen and oxygen atoms in total. The van der Waals surface area contributed by atoms with Gasteiger partial charge in [-0.3, -0.25) is 0 Å². The fourth-order valence-electron chi connectivity index (χ4n) is 2.40. The van der Waals surface area contributed by atoms with Crippen molar-refractivity contribution in [2.45, 2.75) is 19.4 Å². The lowest BCUT2D eigenvalue weighted by Crippen LogP contribution is -2.03. The molecule has 2 N–H and O–H groups in total. The minimum atomic E-state index is -0.504. The van der Waals surface area contributed by atoms with E-state index in [1.54, 1.807) is 11.3 Å². The number of hydrogen-bond acceptors (Lipinski definition) is 3. The van der Waals surface area contributed by atoms with Crippen LogP contribution in [0.4, 0.5) is 5.69 Å². The van der Waals surface area contributed by atoms with Crippen LogP contribution in [0.2, 0.25) is 0 Å². The zero-order valence-corrected chi connectivity index (χ0v) is 10.6. The van der Waals surface area contributed by atoms with E-state index in [4.69, 9.17) is 0 Å². The van der Waals surface area contributed by atoms with Crippen molar-refractivity contribution in [1.82, 2.24) is 0 Å². The van der Waals surface area contributed by atoms with Gasteiger partial charge in [-0.25, -0.2) is 0 Å². The summed E-state index contributed by atoms with van der Waals surface area (Å²) in [5.41, 5.74) is 4.62. The van der Waals surface area contributed by atoms with Gasteiger partial charge in [-0.2, -0.15) is 0 Å². The maximum Gasteiger partial charge on any atom is 0.115 e. The highest BCUT2D eigenvalue weighted by Crippen LogP contribution is 2.36. The van der Waals surface area contributed by atoms with E-state index in [9.17, 15) is 5.11 Å². The van der Waals surface area contributed by atoms with Crippen molar-refractivity contribution in [2.75, 3.05) is 11.9 Å². The van der Waals surface area contributed by atoms with Crippen LogP contribution >= 0.6 is 11.3 Å². The van der Waals surface area contributed by atoms with Crippen LogP contribution in [0, 0.1) is 6.92 Å². The summed E-state index contributed by atoms with van der Waals surface area (Å²) in [5, 5.41) is 15.9. The largest absolute Gasteiger partial charge is 0.384 e. The number of benzene rings is 1. The Hall–Kier alpha value is -1.32. The van der Waals surface area contributed by atoms with Crippen LogP contribution < -0.4 is 5.32 Å². The van der Waals surface area contributed by atoms with Gasteiger partial charge in [0.2, 0.25) is 0 Å². The molecule has 1 unspecified atom stereocenters. The first-order valence-electron chi connectivity index (χ1n) is 5.85. The van der Waals surface area contributed by atoms with Crippen molar-refractivity contribution in [3.8, 4) is 0 Å². The maximum atomic E-state index is 10.5. The molecule has 1 atom stereocenters. The van der Waals surface area contributed by atoms with Crippen molar-refractivity contribution >= 4 is 17.0 Å². The third kappa shape index (κ3) is 1.75. The Morgan fingerprint density at radius 1 is 1.35 bits per heavy atom. The molecule has 3 rings (SSSR count). The Morgan fingerprint density at radius 3 is 3.00 bits per heavy atom. The van der Waals surface area contributed by atoms with Crippen molar-refractivity contribution in [3.63, 3.8) is 0 Å². The van der Waals surface area contributed by atoms with Gasteiger partial charge in [0, 0.05) is 22.7 Å². The summed E-state index contributed by atoms with van der Waals surface area (Å²) in [6.45, 7) is 3.02. The van der Waals surface area contributed by atoms with E-state index in [1.807, 2.05) is 24.4 Å². The molecule has 0 bridgehead atoms. The lowest BCUT2D eigenvalue weighted by molar-refractivity contribution is 0.224. The molecule has 0 aliphatic carbocycles. The summed E-state index contributed by atoms with van der Waals surface area (Å²) >= 11 is 1.62. The zero-order valence-electron chi connectivity index (χ0n) is 9.73. The molecule has 0 saturated carbocycles. The monoisotopic (exact) mass is 245 g/mol. The number of aliphatic hydroxyl groups is 1. The molecule has 1 aromatic heterocycles. The minimum Gasteiger partial charge on any atom is -0.384 e. The van der Waals surface area contributed by atoms with E-state index in [-0.39, 0.29) is 0 Å². The molecule has 2 heterocycles. The quantitative estimate of drug-likeness (QED) is 0.852. The lowest BCUT2D eigenvalue weighted by Gasteiger charge is -2.15. The second-order valence-corrected chi connectivity index (χ2v) is 5.38. The van der Waals surface area contributed by atoms with Crippen LogP contribution in [0.1, 0.15) is 27.7 Å². The van der Waals surface area contributed by atoms with E-state index < -0.39 is 6.10 Å². The first-order valence-corrected chi connectivity index (χ1v) is 6.73. The van der Waals surface area contributed by atoms with Gasteiger partial charge in [0.15, 0.2) is 0 Å². The average molecular weight is 245 g/mol. The van der Waals surface area contributed by atoms with Crippen molar-refractivity contribution in [3.05, 3.63) is 51.2 Å². The standard InChI is InChI=1S/C14H15NOS/c1-9-6-8-17-14(9)13(16)11-4-2-3-10-5-7-15-12(10)11/h2-4,6,8,13,15-16H,5,7H2,1H3. The van der Waals surface area contributed by atoms with Crippen LogP contribution in [0.5, 0.6) is 0 Å². The normalized spacial score (nSPS) is 15.4. The fourth-order valence-corrected chi connectivity index (χ4v) is 3.33. The number of aliphatic hydroxyl groups excluding tert-OH is 1. The van der Waals surface area contributed by atoms with Crippen LogP contribution in [0.25, 0.3) is 0 Å². The number of hydrogen-bond donors (Lipinski definition) is 2. The molecule has 0 saturated heterocycles. The summed E-state index contributed by atoms with van der Waals surface area (Å²) < 4.78 is 0. The number of anilines is 1. The van der Waals surface area contributed by atoms with Crippen LogP contribution in [-0.2, 0) is 6.42 Å². The molecule has 0 fully saturated rings. The molecule has 0 spiro atoms. The molecule has 1 aliphatic rings. The van der Waals surface area contributed by atoms with E-state index in [0.717, 1.165) is 34.7 Å². The zero-order chi connectivity index (χ0) is 11.8. The molecule has 1 aliphatic heterocycles. The third-order valence-corrected chi connectivity index (χ3v) is 4.40. The SMILES string of the molecule is Cc1ccsc1C(O)c1cccc2c1NCC2. The minimum absolute atomic E-state index is 0.504. The maximum absolute atomic E-state index is 10.5. The highest BCUT2D eigenvalue weighted by Gasteiger charge is 2.21. The Morgan fingerprint density at radius 2 is 2.24 bits per heavy atom. The van der Waals surface area contributed by atoms with Crippen LogP contribution in [0.15, 0.2) is 29.6 Å². The number of fused-ring (bicyclic) bond motifs is 1. The molecule has 2 aromatic rings. The van der Waals surface area contributed by atoms with Gasteiger partial charge in [-0.05, 0) is 35.9 Å². The first-order chi connectivity index (χ1) is 8.27. The highest BCUT2D eigenvalue weighted by atomic mass is 32.1. The highest BCUT2D eigenvalue weighted by molar-refractivity contribution is 7.10. The van der Waals surface area contributed by atoms with E-state index in [2.05, 4.69) is 17.4 Å². The van der Waals surface area contributed by atoms with E-state index in [1.165, 1.54) is 5.56 Å². The Balaban J connectivity index is 2.05. The van der Waals surface area contributed by atoms with Gasteiger partial charge in [0.25, 0.3) is 0 Å². The molecule has 88 valence electrons. The Labute approximate surface area is 105 Å². The molecular formula is C14H15NOS. The van der Waals surface area contributed by atoms with Crippen molar-refractivity contribution in [1.29, 1.82) is 0 Å². The average Bonchev–Trinajstić information content (AvgIpc) is 2.95. The van der Waals surface area contributed by atoms with E-state index >= 15 is 0 Å². The predicted octanol–water partition coefficient (Wildman–Crippen LogP) is 3.11. The topological polar surface area (TPSA) is 32.3 Å². The molecule has 3 heteroatoms. The summed E-state index contributed by atoms with van der Waals surface area (Å²) in [6.07, 6.45) is 0.551. The second-order valence-electron chi connectivity index (χ2n) is 4.43. The molecular weight excluding hydrogens is 230 g/mol. The number of thiophene rings is 1. The summed E-state index contributed by atoms with van der Waals surface area (Å²) in [6, 6.07) is 8.24. The molecule has 0 amide bonds. The van der Waals surface area contributed by atoms with Crippen molar-refractivity contribution < 1.29 is 5.11 Å². The van der Waals surface area contributed by atoms with Crippen molar-refractivity contribution in [2.24, 2.45) is 0 Å². The van der Waals surface area contributed by atoms with Gasteiger partial charge in [0.1, 0.15) is 6.10 Å². The lowest BCUT2D eigenvalue weighted by atomic mass is 10.0. The molecule has 17 heavy (non-hydrogen) atoms. The van der Waals surface area contributed by atoms with Gasteiger partial charge in [-0.15, -0.1) is 11.3 Å². The van der Waals surface area contributed by atoms with Gasteiger partial charge in [-0.1, -0.05) is 18.2 Å². The Kier molecular flexibility index (Phi) is 2.65. The predicted molar refractivity (Wildman–Crippen MR) is 71.8 cm³/mol. The molecule has 1 aromatic carbocycles. The van der Waals surface area contributed by atoms with Crippen LogP contribution in [-0.4, -0.2) is 11.7 Å². The summed E-state index contributed by atoms with van der Waals surface area (Å²) in [5.74, 6) is 0. The molecule has 0 radical (unpaired) electrons. The Bertz CT molecular complexity index is 547. The van der Waals surface area contributed by atoms with Crippen LogP contribution in [0.3, 0.4) is 0 Å². The number of nitrogens with one attached hydrogen (secondary N) is 1. The third-order valence-electron chi connectivity index (χ3n) is 3.32. The number of para-hydroxylation sites is 1. The first kappa shape index (κ1) is 10.8. The van der Waals surface area contributed by atoms with Gasteiger partial charge in [0.05, 0.1) is 0 Å². The van der Waals surface area contributed by atoms with Gasteiger partial charge < -0.3 is 10.4 Å². The smallest absolute Gasteiger partial charge is 0.115 e. The van der Waals surface area contributed by atoms with E-state index in [0.29, 0.717) is 0 Å². The number of aryl methyl sites for hydroxylation is 1. The summed E-state index contributed by atoms with van der Waals surface area (Å²) in [4.78, 5) is 1.05. The number of rotatable bonds is 2. The second kappa shape index (κ2) is 4.17.